The molecule has 8 heteroatoms. The molecular formula is C21H16N2O6. The maximum atomic E-state index is 13.3. The Balaban J connectivity index is 2.01. The Hall–Kier alpha value is -3.81. The summed E-state index contributed by atoms with van der Waals surface area (Å²) < 4.78 is 23.5. The molecule has 3 heterocycles. The molecule has 0 saturated heterocycles. The summed E-state index contributed by atoms with van der Waals surface area (Å²) in [6.07, 6.45) is 2.32. The first-order valence-electron chi connectivity index (χ1n) is 8.91. The van der Waals surface area contributed by atoms with Gasteiger partial charge in [-0.05, 0) is 12.1 Å². The zero-order valence-electron chi connectivity index (χ0n) is 15.7. The summed E-state index contributed by atoms with van der Waals surface area (Å²) in [6.45, 7) is 0.130. The minimum atomic E-state index is -0.238. The summed E-state index contributed by atoms with van der Waals surface area (Å²) in [5.74, 6) is 2.10. The van der Waals surface area contributed by atoms with Gasteiger partial charge < -0.3 is 23.7 Å². The van der Waals surface area contributed by atoms with E-state index in [1.807, 2.05) is 0 Å². The maximum Gasteiger partial charge on any atom is 0.231 e. The van der Waals surface area contributed by atoms with Crippen molar-refractivity contribution in [3.63, 3.8) is 0 Å². The first-order valence-corrected chi connectivity index (χ1v) is 8.91. The smallest absolute Gasteiger partial charge is 0.231 e. The van der Waals surface area contributed by atoms with E-state index in [1.54, 1.807) is 35.0 Å². The van der Waals surface area contributed by atoms with Crippen LogP contribution in [0.2, 0.25) is 0 Å². The van der Waals surface area contributed by atoms with E-state index in [0.717, 1.165) is 6.29 Å². The summed E-state index contributed by atoms with van der Waals surface area (Å²) >= 11 is 0. The molecule has 0 unspecified atom stereocenters. The lowest BCUT2D eigenvalue weighted by atomic mass is 10.0. The van der Waals surface area contributed by atoms with Gasteiger partial charge in [0.15, 0.2) is 28.4 Å². The second kappa shape index (κ2) is 6.37. The highest BCUT2D eigenvalue weighted by Crippen LogP contribution is 2.38. The molecule has 0 N–H and O–H groups in total. The zero-order valence-corrected chi connectivity index (χ0v) is 15.7. The van der Waals surface area contributed by atoms with E-state index in [9.17, 15) is 9.59 Å². The Morgan fingerprint density at radius 3 is 2.52 bits per heavy atom. The van der Waals surface area contributed by atoms with E-state index in [0.29, 0.717) is 55.9 Å². The molecule has 0 saturated carbocycles. The van der Waals surface area contributed by atoms with Crippen LogP contribution in [0.4, 0.5) is 0 Å². The normalized spacial score (nSPS) is 12.6. The Labute approximate surface area is 164 Å². The quantitative estimate of drug-likeness (QED) is 0.389. The number of hydrogen-bond acceptors (Lipinski definition) is 7. The third-order valence-electron chi connectivity index (χ3n) is 5.15. The number of ether oxygens (including phenoxy) is 4. The molecule has 0 spiro atoms. The van der Waals surface area contributed by atoms with Gasteiger partial charge in [-0.15, -0.1) is 0 Å². The maximum absolute atomic E-state index is 13.3. The van der Waals surface area contributed by atoms with Crippen molar-refractivity contribution in [2.24, 2.45) is 0 Å². The van der Waals surface area contributed by atoms with Crippen LogP contribution in [0.5, 0.6) is 23.0 Å². The van der Waals surface area contributed by atoms with Gasteiger partial charge in [0, 0.05) is 29.5 Å². The number of pyridine rings is 1. The average Bonchev–Trinajstić information content (AvgIpc) is 3.21. The lowest BCUT2D eigenvalue weighted by Gasteiger charge is -2.15. The van der Waals surface area contributed by atoms with E-state index < -0.39 is 0 Å². The second-order valence-corrected chi connectivity index (χ2v) is 6.59. The van der Waals surface area contributed by atoms with Gasteiger partial charge in [0.25, 0.3) is 0 Å². The first-order chi connectivity index (χ1) is 14.2. The van der Waals surface area contributed by atoms with Crippen molar-refractivity contribution in [3.05, 3.63) is 46.4 Å². The van der Waals surface area contributed by atoms with Crippen molar-refractivity contribution >= 4 is 33.6 Å². The number of fused-ring (bicyclic) bond motifs is 6. The fourth-order valence-electron chi connectivity index (χ4n) is 3.82. The third-order valence-corrected chi connectivity index (χ3v) is 5.15. The topological polar surface area (TPSA) is 88.4 Å². The molecule has 2 aromatic heterocycles. The number of nitrogens with zero attached hydrogens (tertiary/aromatic N) is 2. The molecule has 4 aromatic rings. The SMILES string of the molecule is COc1cc2c(=O)c(CC=O)c3c4cc5c(cc4ncn3c2cc1OC)OCO5. The summed E-state index contributed by atoms with van der Waals surface area (Å²) in [7, 11) is 3.04. The van der Waals surface area contributed by atoms with Crippen LogP contribution in [-0.4, -0.2) is 36.7 Å². The summed E-state index contributed by atoms with van der Waals surface area (Å²) in [5.41, 5.74) is 1.99. The average molecular weight is 392 g/mol. The fourth-order valence-corrected chi connectivity index (χ4v) is 3.82. The van der Waals surface area contributed by atoms with Gasteiger partial charge in [-0.2, -0.15) is 0 Å². The van der Waals surface area contributed by atoms with Crippen LogP contribution in [0.25, 0.3) is 27.3 Å². The van der Waals surface area contributed by atoms with Crippen LogP contribution in [-0.2, 0) is 11.2 Å². The van der Waals surface area contributed by atoms with Gasteiger partial charge in [-0.25, -0.2) is 4.98 Å². The van der Waals surface area contributed by atoms with Gasteiger partial charge in [0.1, 0.15) is 12.6 Å². The number of aromatic nitrogens is 2. The number of methoxy groups -OCH3 is 2. The Bertz CT molecular complexity index is 1380. The van der Waals surface area contributed by atoms with Crippen molar-refractivity contribution in [3.8, 4) is 23.0 Å². The predicted octanol–water partition coefficient (Wildman–Crippen LogP) is 2.49. The number of hydrogen-bond donors (Lipinski definition) is 0. The lowest BCUT2D eigenvalue weighted by molar-refractivity contribution is -0.107. The first kappa shape index (κ1) is 17.3. The Morgan fingerprint density at radius 2 is 1.79 bits per heavy atom. The van der Waals surface area contributed by atoms with Crippen LogP contribution in [0, 0.1) is 0 Å². The number of aldehydes is 1. The molecule has 0 amide bonds. The summed E-state index contributed by atoms with van der Waals surface area (Å²) in [6, 6.07) is 6.92. The van der Waals surface area contributed by atoms with Crippen molar-refractivity contribution in [2.75, 3.05) is 21.0 Å². The van der Waals surface area contributed by atoms with Crippen molar-refractivity contribution in [1.82, 2.24) is 9.38 Å². The molecule has 146 valence electrons. The molecule has 0 fully saturated rings. The number of rotatable bonds is 4. The zero-order chi connectivity index (χ0) is 20.1. The minimum absolute atomic E-state index is 0.0276. The van der Waals surface area contributed by atoms with Crippen LogP contribution >= 0.6 is 0 Å². The fraction of sp³-hybridized carbons (Fsp3) is 0.190. The highest BCUT2D eigenvalue weighted by atomic mass is 16.7. The highest BCUT2D eigenvalue weighted by Gasteiger charge is 2.21. The van der Waals surface area contributed by atoms with E-state index >= 15 is 0 Å². The molecule has 1 aliphatic rings. The van der Waals surface area contributed by atoms with Crippen molar-refractivity contribution < 1.29 is 23.7 Å². The van der Waals surface area contributed by atoms with Gasteiger partial charge in [0.2, 0.25) is 6.79 Å². The highest BCUT2D eigenvalue weighted by molar-refractivity contribution is 6.01. The van der Waals surface area contributed by atoms with Crippen LogP contribution in [0.3, 0.4) is 0 Å². The molecule has 29 heavy (non-hydrogen) atoms. The molecular weight excluding hydrogens is 376 g/mol. The standard InChI is InChI=1S/C21H16N2O6/c1-26-16-6-13-15(8-17(16)27-2)23-9-22-14-7-19-18(28-10-29-19)5-12(14)20(23)11(3-4-24)21(13)25/h4-9H,3,10H2,1-2H3. The van der Waals surface area contributed by atoms with Gasteiger partial charge in [-0.1, -0.05) is 0 Å². The molecule has 2 aromatic carbocycles. The lowest BCUT2D eigenvalue weighted by Crippen LogP contribution is -2.15. The largest absolute Gasteiger partial charge is 0.493 e. The van der Waals surface area contributed by atoms with Crippen molar-refractivity contribution in [2.45, 2.75) is 6.42 Å². The molecule has 1 aliphatic heterocycles. The summed E-state index contributed by atoms with van der Waals surface area (Å²) in [4.78, 5) is 29.3. The van der Waals surface area contributed by atoms with Gasteiger partial charge in [0.05, 0.1) is 36.2 Å². The molecule has 5 rings (SSSR count). The van der Waals surface area contributed by atoms with Gasteiger partial charge >= 0.3 is 0 Å². The molecule has 0 bridgehead atoms. The molecule has 0 radical (unpaired) electrons. The van der Waals surface area contributed by atoms with Crippen LogP contribution in [0.1, 0.15) is 5.56 Å². The van der Waals surface area contributed by atoms with Crippen LogP contribution in [0.15, 0.2) is 35.4 Å². The molecule has 0 aliphatic carbocycles. The monoisotopic (exact) mass is 392 g/mol. The number of carbonyl (C=O) groups is 1. The Kier molecular flexibility index (Phi) is 3.80. The van der Waals surface area contributed by atoms with E-state index in [2.05, 4.69) is 4.98 Å². The van der Waals surface area contributed by atoms with E-state index in [4.69, 9.17) is 18.9 Å². The predicted molar refractivity (Wildman–Crippen MR) is 105 cm³/mol. The van der Waals surface area contributed by atoms with Crippen LogP contribution < -0.4 is 24.4 Å². The summed E-state index contributed by atoms with van der Waals surface area (Å²) in [5, 5.41) is 1.11. The second-order valence-electron chi connectivity index (χ2n) is 6.59. The minimum Gasteiger partial charge on any atom is -0.493 e. The Morgan fingerprint density at radius 1 is 1.07 bits per heavy atom. The van der Waals surface area contributed by atoms with Gasteiger partial charge in [-0.3, -0.25) is 9.20 Å². The molecule has 0 atom stereocenters. The molecule has 8 nitrogen and oxygen atoms in total. The van der Waals surface area contributed by atoms with Crippen molar-refractivity contribution in [1.29, 1.82) is 0 Å². The number of carbonyl (C=O) groups excluding carboxylic acids is 1. The third kappa shape index (κ3) is 2.42. The number of benzene rings is 2. The van der Waals surface area contributed by atoms with E-state index in [-0.39, 0.29) is 18.6 Å². The van der Waals surface area contributed by atoms with E-state index in [1.165, 1.54) is 14.2 Å².